The summed E-state index contributed by atoms with van der Waals surface area (Å²) in [4.78, 5) is 25.8. The Morgan fingerprint density at radius 3 is 2.89 bits per heavy atom. The monoisotopic (exact) mass is 249 g/mol. The molecule has 0 aromatic carbocycles. The van der Waals surface area contributed by atoms with Crippen LogP contribution in [0.3, 0.4) is 0 Å². The van der Waals surface area contributed by atoms with Crippen LogP contribution in [0.2, 0.25) is 0 Å². The van der Waals surface area contributed by atoms with Gasteiger partial charge in [-0.2, -0.15) is 0 Å². The summed E-state index contributed by atoms with van der Waals surface area (Å²) in [5.74, 6) is -0.539. The number of carbonyl (C=O) groups is 1. The van der Waals surface area contributed by atoms with Crippen molar-refractivity contribution in [1.82, 2.24) is 9.38 Å². The number of nitrogens with zero attached hydrogens (tertiary/aromatic N) is 3. The van der Waals surface area contributed by atoms with Crippen LogP contribution >= 0.6 is 0 Å². The van der Waals surface area contributed by atoms with Crippen molar-refractivity contribution in [3.05, 3.63) is 39.8 Å². The standard InChI is InChI=1S/C11H11N3O4/c1-3-18-11(15)9-6-13-5-8(14(16)17)4-7(2)10(13)12-9/h4-6H,3H2,1-2H3. The van der Waals surface area contributed by atoms with E-state index in [0.29, 0.717) is 11.2 Å². The summed E-state index contributed by atoms with van der Waals surface area (Å²) < 4.78 is 6.28. The highest BCUT2D eigenvalue weighted by Crippen LogP contribution is 2.18. The van der Waals surface area contributed by atoms with Gasteiger partial charge in [0, 0.05) is 12.3 Å². The molecule has 0 N–H and O–H groups in total. The fourth-order valence-electron chi connectivity index (χ4n) is 1.65. The predicted molar refractivity (Wildman–Crippen MR) is 62.5 cm³/mol. The largest absolute Gasteiger partial charge is 0.461 e. The Kier molecular flexibility index (Phi) is 2.97. The fraction of sp³-hybridized carbons (Fsp3) is 0.273. The molecule has 0 spiro atoms. The Hall–Kier alpha value is -2.44. The minimum absolute atomic E-state index is 0.0483. The number of hydrogen-bond acceptors (Lipinski definition) is 5. The topological polar surface area (TPSA) is 86.7 Å². The molecule has 0 unspecified atom stereocenters. The minimum atomic E-state index is -0.539. The zero-order chi connectivity index (χ0) is 13.3. The van der Waals surface area contributed by atoms with Crippen molar-refractivity contribution in [2.45, 2.75) is 13.8 Å². The molecule has 0 radical (unpaired) electrons. The number of imidazole rings is 1. The molecular weight excluding hydrogens is 238 g/mol. The second kappa shape index (κ2) is 4.44. The maximum atomic E-state index is 11.5. The number of ether oxygens (including phenoxy) is 1. The Balaban J connectivity index is 2.54. The molecule has 94 valence electrons. The van der Waals surface area contributed by atoms with Crippen LogP contribution in [0.5, 0.6) is 0 Å². The van der Waals surface area contributed by atoms with Crippen molar-refractivity contribution in [1.29, 1.82) is 0 Å². The lowest BCUT2D eigenvalue weighted by Crippen LogP contribution is -2.04. The van der Waals surface area contributed by atoms with Gasteiger partial charge in [-0.25, -0.2) is 9.78 Å². The van der Waals surface area contributed by atoms with Gasteiger partial charge in [0.15, 0.2) is 5.69 Å². The summed E-state index contributed by atoms with van der Waals surface area (Å²) in [5, 5.41) is 10.7. The molecule has 0 aliphatic rings. The van der Waals surface area contributed by atoms with Gasteiger partial charge < -0.3 is 4.74 Å². The molecule has 0 aliphatic heterocycles. The van der Waals surface area contributed by atoms with Gasteiger partial charge in [0.1, 0.15) is 5.65 Å². The van der Waals surface area contributed by atoms with Crippen molar-refractivity contribution in [3.8, 4) is 0 Å². The summed E-state index contributed by atoms with van der Waals surface area (Å²) in [6, 6.07) is 1.41. The predicted octanol–water partition coefficient (Wildman–Crippen LogP) is 1.73. The average molecular weight is 249 g/mol. The first kappa shape index (κ1) is 12.0. The number of fused-ring (bicyclic) bond motifs is 1. The molecule has 2 aromatic heterocycles. The van der Waals surface area contributed by atoms with Crippen LogP contribution in [0.1, 0.15) is 23.0 Å². The van der Waals surface area contributed by atoms with Crippen LogP contribution in [0.15, 0.2) is 18.5 Å². The van der Waals surface area contributed by atoms with E-state index in [1.807, 2.05) is 0 Å². The lowest BCUT2D eigenvalue weighted by Gasteiger charge is -1.97. The molecule has 18 heavy (non-hydrogen) atoms. The number of rotatable bonds is 3. The second-order valence-electron chi connectivity index (χ2n) is 3.72. The molecule has 2 heterocycles. The molecule has 0 atom stereocenters. The molecule has 0 aliphatic carbocycles. The SMILES string of the molecule is CCOC(=O)c1cn2cc([N+](=O)[O-])cc(C)c2n1. The smallest absolute Gasteiger partial charge is 0.358 e. The number of carbonyl (C=O) groups excluding carboxylic acids is 1. The van der Waals surface area contributed by atoms with E-state index in [2.05, 4.69) is 4.98 Å². The van der Waals surface area contributed by atoms with Crippen LogP contribution in [-0.2, 0) is 4.74 Å². The van der Waals surface area contributed by atoms with E-state index in [1.54, 1.807) is 13.8 Å². The normalized spacial score (nSPS) is 10.6. The van der Waals surface area contributed by atoms with E-state index in [1.165, 1.54) is 22.9 Å². The zero-order valence-corrected chi connectivity index (χ0v) is 9.91. The van der Waals surface area contributed by atoms with Crippen LogP contribution in [-0.4, -0.2) is 26.9 Å². The molecule has 2 rings (SSSR count). The van der Waals surface area contributed by atoms with Crippen LogP contribution in [0.25, 0.3) is 5.65 Å². The highest BCUT2D eigenvalue weighted by molar-refractivity contribution is 5.88. The number of pyridine rings is 1. The maximum Gasteiger partial charge on any atom is 0.358 e. The van der Waals surface area contributed by atoms with Gasteiger partial charge in [-0.3, -0.25) is 14.5 Å². The zero-order valence-electron chi connectivity index (χ0n) is 9.91. The van der Waals surface area contributed by atoms with Crippen molar-refractivity contribution in [2.75, 3.05) is 6.61 Å². The van der Waals surface area contributed by atoms with E-state index in [0.717, 1.165) is 0 Å². The lowest BCUT2D eigenvalue weighted by atomic mass is 10.3. The van der Waals surface area contributed by atoms with E-state index < -0.39 is 10.9 Å². The summed E-state index contributed by atoms with van der Waals surface area (Å²) in [6.45, 7) is 3.65. The molecule has 7 nitrogen and oxygen atoms in total. The first-order valence-electron chi connectivity index (χ1n) is 5.33. The summed E-state index contributed by atoms with van der Waals surface area (Å²) in [5.41, 5.74) is 1.22. The van der Waals surface area contributed by atoms with E-state index >= 15 is 0 Å². The first-order valence-corrected chi connectivity index (χ1v) is 5.33. The Labute approximate surface area is 102 Å². The molecule has 0 fully saturated rings. The molecule has 2 aromatic rings. The van der Waals surface area contributed by atoms with Gasteiger partial charge in [-0.15, -0.1) is 0 Å². The van der Waals surface area contributed by atoms with Crippen molar-refractivity contribution >= 4 is 17.3 Å². The van der Waals surface area contributed by atoms with E-state index in [-0.39, 0.29) is 18.0 Å². The Morgan fingerprint density at radius 1 is 1.56 bits per heavy atom. The highest BCUT2D eigenvalue weighted by atomic mass is 16.6. The molecule has 0 amide bonds. The Bertz CT molecular complexity index is 632. The van der Waals surface area contributed by atoms with Gasteiger partial charge in [-0.1, -0.05) is 0 Å². The summed E-state index contributed by atoms with van der Waals surface area (Å²) in [7, 11) is 0. The first-order chi connectivity index (χ1) is 8.52. The molecular formula is C11H11N3O4. The van der Waals surface area contributed by atoms with E-state index in [4.69, 9.17) is 4.74 Å². The third kappa shape index (κ3) is 2.02. The van der Waals surface area contributed by atoms with Crippen molar-refractivity contribution in [3.63, 3.8) is 0 Å². The minimum Gasteiger partial charge on any atom is -0.461 e. The highest BCUT2D eigenvalue weighted by Gasteiger charge is 2.16. The quantitative estimate of drug-likeness (QED) is 0.469. The number of hydrogen-bond donors (Lipinski definition) is 0. The summed E-state index contributed by atoms with van der Waals surface area (Å²) in [6.07, 6.45) is 2.74. The average Bonchev–Trinajstić information content (AvgIpc) is 2.73. The number of esters is 1. The van der Waals surface area contributed by atoms with Gasteiger partial charge in [0.2, 0.25) is 0 Å². The van der Waals surface area contributed by atoms with E-state index in [9.17, 15) is 14.9 Å². The van der Waals surface area contributed by atoms with Crippen LogP contribution in [0.4, 0.5) is 5.69 Å². The van der Waals surface area contributed by atoms with Gasteiger partial charge in [-0.05, 0) is 19.4 Å². The van der Waals surface area contributed by atoms with Gasteiger partial charge in [0.25, 0.3) is 5.69 Å². The fourth-order valence-corrected chi connectivity index (χ4v) is 1.65. The molecule has 7 heteroatoms. The number of nitro groups is 1. The maximum absolute atomic E-state index is 11.5. The number of aromatic nitrogens is 2. The van der Waals surface area contributed by atoms with Crippen molar-refractivity contribution < 1.29 is 14.5 Å². The second-order valence-corrected chi connectivity index (χ2v) is 3.72. The molecule has 0 bridgehead atoms. The van der Waals surface area contributed by atoms with Crippen LogP contribution in [0, 0.1) is 17.0 Å². The third-order valence-corrected chi connectivity index (χ3v) is 2.42. The molecule has 0 saturated heterocycles. The van der Waals surface area contributed by atoms with Crippen molar-refractivity contribution in [2.24, 2.45) is 0 Å². The third-order valence-electron chi connectivity index (χ3n) is 2.42. The molecule has 0 saturated carbocycles. The Morgan fingerprint density at radius 2 is 2.28 bits per heavy atom. The van der Waals surface area contributed by atoms with Crippen LogP contribution < -0.4 is 0 Å². The van der Waals surface area contributed by atoms with Gasteiger partial charge in [0.05, 0.1) is 17.7 Å². The van der Waals surface area contributed by atoms with Gasteiger partial charge >= 0.3 is 5.97 Å². The summed E-state index contributed by atoms with van der Waals surface area (Å²) >= 11 is 0. The number of aryl methyl sites for hydroxylation is 1. The lowest BCUT2D eigenvalue weighted by molar-refractivity contribution is -0.385.